The molecule has 41 heavy (non-hydrogen) atoms. The summed E-state index contributed by atoms with van der Waals surface area (Å²) in [6, 6.07) is -0.665. The molecule has 0 heterocycles. The van der Waals surface area contributed by atoms with E-state index in [2.05, 4.69) is 12.2 Å². The summed E-state index contributed by atoms with van der Waals surface area (Å²) in [4.78, 5) is 60.3. The van der Waals surface area contributed by atoms with Crippen molar-refractivity contribution in [2.24, 2.45) is 0 Å². The van der Waals surface area contributed by atoms with Crippen molar-refractivity contribution in [2.45, 2.75) is 161 Å². The third kappa shape index (κ3) is 25.1. The number of rotatable bonds is 29. The fraction of sp³-hybridized carbons (Fsp3) is 0.879. The van der Waals surface area contributed by atoms with Crippen LogP contribution in [-0.2, 0) is 19.2 Å². The molecule has 0 aliphatic rings. The highest BCUT2D eigenvalue weighted by atomic mass is 31.1. The van der Waals surface area contributed by atoms with Gasteiger partial charge in [-0.15, -0.1) is 0 Å². The quantitative estimate of drug-likeness (QED) is 0.0519. The van der Waals surface area contributed by atoms with Crippen molar-refractivity contribution in [2.75, 3.05) is 27.7 Å². The summed E-state index contributed by atoms with van der Waals surface area (Å²) in [6.07, 6.45) is 21.1. The number of carbonyl (C=O) groups excluding carboxylic acids is 4. The number of carbonyl (C=O) groups is 4. The van der Waals surface area contributed by atoms with Crippen molar-refractivity contribution >= 4 is 30.9 Å². The molecule has 0 aromatic rings. The lowest BCUT2D eigenvalue weighted by atomic mass is 10.0. The molecule has 2 atom stereocenters. The van der Waals surface area contributed by atoms with Gasteiger partial charge >= 0.3 is 0 Å². The van der Waals surface area contributed by atoms with Crippen LogP contribution < -0.4 is 5.32 Å². The minimum absolute atomic E-state index is 0.0193. The third-order valence-corrected chi connectivity index (χ3v) is 8.84. The van der Waals surface area contributed by atoms with Gasteiger partial charge in [0.2, 0.25) is 5.91 Å². The van der Waals surface area contributed by atoms with Gasteiger partial charge in [-0.1, -0.05) is 104 Å². The molecular weight excluding hydrogens is 535 g/mol. The highest BCUT2D eigenvalue weighted by Gasteiger charge is 2.28. The van der Waals surface area contributed by atoms with Crippen LogP contribution in [0.2, 0.25) is 0 Å². The zero-order valence-corrected chi connectivity index (χ0v) is 28.2. The van der Waals surface area contributed by atoms with Crippen LogP contribution >= 0.6 is 8.15 Å². The summed E-state index contributed by atoms with van der Waals surface area (Å²) < 4.78 is 0.706. The van der Waals surface area contributed by atoms with Gasteiger partial charge in [-0.05, 0) is 12.8 Å². The zero-order chi connectivity index (χ0) is 30.9. The van der Waals surface area contributed by atoms with Gasteiger partial charge < -0.3 is 14.7 Å². The van der Waals surface area contributed by atoms with Gasteiger partial charge in [0.1, 0.15) is 5.78 Å². The molecule has 0 saturated carbocycles. The van der Waals surface area contributed by atoms with E-state index >= 15 is 0 Å². The molecule has 0 aliphatic carbocycles. The summed E-state index contributed by atoms with van der Waals surface area (Å²) >= 11 is 0. The predicted molar refractivity (Wildman–Crippen MR) is 172 cm³/mol. The lowest BCUT2D eigenvalue weighted by Gasteiger charge is -2.23. The number of hydrogen-bond acceptors (Lipinski definition) is 5. The summed E-state index contributed by atoms with van der Waals surface area (Å²) in [5, 5.41) is 2.80. The van der Waals surface area contributed by atoms with E-state index in [9.17, 15) is 24.1 Å². The molecule has 0 aromatic carbocycles. The Morgan fingerprint density at radius 3 is 1.56 bits per heavy atom. The summed E-state index contributed by atoms with van der Waals surface area (Å²) in [5.41, 5.74) is -0.988. The molecule has 0 radical (unpaired) electrons. The van der Waals surface area contributed by atoms with E-state index in [-0.39, 0.29) is 31.0 Å². The Morgan fingerprint density at radius 1 is 0.610 bits per heavy atom. The number of nitrogens with one attached hydrogen (secondary N) is 1. The molecule has 0 saturated heterocycles. The maximum absolute atomic E-state index is 12.7. The van der Waals surface area contributed by atoms with E-state index in [0.29, 0.717) is 30.2 Å². The van der Waals surface area contributed by atoms with E-state index in [1.54, 1.807) is 0 Å². The Hall–Kier alpha value is -1.17. The molecule has 240 valence electrons. The van der Waals surface area contributed by atoms with Gasteiger partial charge in [0, 0.05) is 44.6 Å². The van der Waals surface area contributed by atoms with Gasteiger partial charge in [0.25, 0.3) is 0 Å². The number of quaternary nitrogens is 1. The molecule has 0 spiro atoms. The second-order valence-electron chi connectivity index (χ2n) is 12.9. The van der Waals surface area contributed by atoms with Crippen LogP contribution in [0.5, 0.6) is 0 Å². The van der Waals surface area contributed by atoms with E-state index in [1.807, 2.05) is 28.1 Å². The first-order valence-corrected chi connectivity index (χ1v) is 18.0. The van der Waals surface area contributed by atoms with Crippen molar-refractivity contribution in [1.82, 2.24) is 5.32 Å². The molecule has 0 fully saturated rings. The Morgan fingerprint density at radius 2 is 1.10 bits per heavy atom. The molecule has 0 aromatic heterocycles. The normalized spacial score (nSPS) is 13.1. The molecular formula is C33H64N2O5P+. The fourth-order valence-electron chi connectivity index (χ4n) is 5.02. The van der Waals surface area contributed by atoms with Crippen molar-refractivity contribution in [3.63, 3.8) is 0 Å². The molecule has 0 rings (SSSR count). The maximum Gasteiger partial charge on any atom is 0.220 e. The molecule has 1 amide bonds. The van der Waals surface area contributed by atoms with E-state index in [0.717, 1.165) is 25.8 Å². The molecule has 8 heteroatoms. The van der Waals surface area contributed by atoms with Gasteiger partial charge in [-0.25, -0.2) is 0 Å². The van der Waals surface area contributed by atoms with Crippen LogP contribution in [0.3, 0.4) is 0 Å². The third-order valence-electron chi connectivity index (χ3n) is 7.49. The second kappa shape index (κ2) is 25.3. The SMILES string of the molecule is CCCCCCCCCCCCCCCCCC(=O)CC(CC(=O)P(O)C(=O)CCC[N+](C)(C)C)NC(=O)CCC. The minimum Gasteiger partial charge on any atom is -0.360 e. The van der Waals surface area contributed by atoms with Crippen LogP contribution in [0.1, 0.15) is 155 Å². The second-order valence-corrected chi connectivity index (χ2v) is 14.5. The monoisotopic (exact) mass is 599 g/mol. The average Bonchev–Trinajstić information content (AvgIpc) is 2.89. The first kappa shape index (κ1) is 39.8. The van der Waals surface area contributed by atoms with Crippen LogP contribution in [0.15, 0.2) is 0 Å². The molecule has 2 N–H and O–H groups in total. The Labute approximate surface area is 253 Å². The average molecular weight is 600 g/mol. The van der Waals surface area contributed by atoms with Crippen LogP contribution in [-0.4, -0.2) is 65.8 Å². The lowest BCUT2D eigenvalue weighted by Crippen LogP contribution is -2.38. The number of nitrogens with zero attached hydrogens (tertiary/aromatic N) is 1. The van der Waals surface area contributed by atoms with Crippen LogP contribution in [0, 0.1) is 0 Å². The first-order chi connectivity index (χ1) is 19.5. The Kier molecular flexibility index (Phi) is 24.6. The fourth-order valence-corrected chi connectivity index (χ4v) is 6.06. The summed E-state index contributed by atoms with van der Waals surface area (Å²) in [5.74, 6) is -0.188. The van der Waals surface area contributed by atoms with Crippen molar-refractivity contribution in [1.29, 1.82) is 0 Å². The van der Waals surface area contributed by atoms with Crippen LogP contribution in [0.4, 0.5) is 0 Å². The Bertz CT molecular complexity index is 723. The molecule has 7 nitrogen and oxygen atoms in total. The minimum atomic E-state index is -2.42. The Balaban J connectivity index is 4.25. The van der Waals surface area contributed by atoms with E-state index in [4.69, 9.17) is 0 Å². The topological polar surface area (TPSA) is 101 Å². The number of hydrogen-bond donors (Lipinski definition) is 2. The lowest BCUT2D eigenvalue weighted by molar-refractivity contribution is -0.870. The molecule has 0 bridgehead atoms. The number of amides is 1. The molecule has 0 aliphatic heterocycles. The standard InChI is InChI=1S/C33H63N2O5P/c1-6-8-9-10-11-12-13-14-15-16-17-18-19-20-21-24-30(36)27-29(34-31(37)23-7-2)28-33(39)41(40)32(38)25-22-26-35(3,4)5/h29,40H,6-28H2,1-5H3/p+1. The van der Waals surface area contributed by atoms with Gasteiger partial charge in [-0.2, -0.15) is 0 Å². The van der Waals surface area contributed by atoms with Gasteiger partial charge in [-0.3, -0.25) is 19.2 Å². The number of Topliss-reactive ketones (excluding diaryl/α,β-unsaturated/α-hetero) is 1. The van der Waals surface area contributed by atoms with E-state index < -0.39 is 25.2 Å². The summed E-state index contributed by atoms with van der Waals surface area (Å²) in [6.45, 7) is 4.92. The highest BCUT2D eigenvalue weighted by Crippen LogP contribution is 2.36. The smallest absolute Gasteiger partial charge is 0.220 e. The first-order valence-electron chi connectivity index (χ1n) is 16.7. The van der Waals surface area contributed by atoms with E-state index in [1.165, 1.54) is 77.0 Å². The number of unbranched alkanes of at least 4 members (excludes halogenated alkanes) is 14. The van der Waals surface area contributed by atoms with Crippen molar-refractivity contribution in [3.05, 3.63) is 0 Å². The zero-order valence-electron chi connectivity index (χ0n) is 27.3. The van der Waals surface area contributed by atoms with Crippen molar-refractivity contribution in [3.8, 4) is 0 Å². The molecule has 2 unspecified atom stereocenters. The predicted octanol–water partition coefficient (Wildman–Crippen LogP) is 7.81. The van der Waals surface area contributed by atoms with Crippen molar-refractivity contribution < 1.29 is 28.6 Å². The van der Waals surface area contributed by atoms with Gasteiger partial charge in [0.05, 0.1) is 27.7 Å². The summed E-state index contributed by atoms with van der Waals surface area (Å²) in [7, 11) is 3.66. The van der Waals surface area contributed by atoms with Gasteiger partial charge in [0.15, 0.2) is 19.2 Å². The highest BCUT2D eigenvalue weighted by molar-refractivity contribution is 7.84. The largest absolute Gasteiger partial charge is 0.360 e. The maximum atomic E-state index is 12.7. The van der Waals surface area contributed by atoms with Crippen LogP contribution in [0.25, 0.3) is 0 Å². The number of ketones is 1.